The molecule has 1 aliphatic heterocycles. The molecule has 19 heavy (non-hydrogen) atoms. The number of unbranched alkanes of at least 4 members (excludes halogenated alkanes) is 1. The number of rotatable bonds is 6. The summed E-state index contributed by atoms with van der Waals surface area (Å²) in [6.07, 6.45) is 4.22. The van der Waals surface area contributed by atoms with E-state index in [1.54, 1.807) is 0 Å². The molecule has 0 atom stereocenters. The van der Waals surface area contributed by atoms with Crippen molar-refractivity contribution in [3.05, 3.63) is 29.3 Å². The summed E-state index contributed by atoms with van der Waals surface area (Å²) in [4.78, 5) is 4.27. The smallest absolute Gasteiger partial charge is 0.188 e. The minimum absolute atomic E-state index is 0.554. The number of fused-ring (bicyclic) bond motifs is 1. The van der Waals surface area contributed by atoms with Crippen molar-refractivity contribution in [1.82, 2.24) is 5.32 Å². The normalized spacial score (nSPS) is 14.1. The van der Waals surface area contributed by atoms with Gasteiger partial charge >= 0.3 is 0 Å². The van der Waals surface area contributed by atoms with Crippen LogP contribution in [0.3, 0.4) is 0 Å². The molecular weight excluding hydrogens is 238 g/mol. The molecule has 0 radical (unpaired) electrons. The Hall–Kier alpha value is -1.71. The van der Waals surface area contributed by atoms with E-state index in [-0.39, 0.29) is 0 Å². The summed E-state index contributed by atoms with van der Waals surface area (Å²) in [7, 11) is 0. The van der Waals surface area contributed by atoms with E-state index in [2.05, 4.69) is 35.4 Å². The van der Waals surface area contributed by atoms with Crippen molar-refractivity contribution in [2.45, 2.75) is 32.6 Å². The number of nitrogens with zero attached hydrogens (tertiary/aromatic N) is 1. The van der Waals surface area contributed by atoms with Gasteiger partial charge < -0.3 is 15.8 Å². The Labute approximate surface area is 115 Å². The van der Waals surface area contributed by atoms with Crippen LogP contribution in [0.4, 0.5) is 0 Å². The van der Waals surface area contributed by atoms with Gasteiger partial charge in [0.15, 0.2) is 5.96 Å². The minimum Gasteiger partial charge on any atom is -0.493 e. The molecule has 1 aliphatic rings. The maximum Gasteiger partial charge on any atom is 0.188 e. The third-order valence-corrected chi connectivity index (χ3v) is 3.27. The van der Waals surface area contributed by atoms with Crippen molar-refractivity contribution >= 4 is 5.96 Å². The molecule has 0 spiro atoms. The van der Waals surface area contributed by atoms with E-state index in [0.29, 0.717) is 5.96 Å². The number of guanidine groups is 1. The lowest BCUT2D eigenvalue weighted by atomic mass is 10.1. The van der Waals surface area contributed by atoms with Gasteiger partial charge in [0, 0.05) is 19.5 Å². The summed E-state index contributed by atoms with van der Waals surface area (Å²) in [6, 6.07) is 6.42. The number of benzene rings is 1. The first-order valence-corrected chi connectivity index (χ1v) is 7.08. The van der Waals surface area contributed by atoms with Gasteiger partial charge in [0.1, 0.15) is 5.75 Å². The first-order chi connectivity index (χ1) is 9.29. The SMILES string of the molecule is CCCCN=C(N)NCCc1ccc2c(c1)CCO2. The molecule has 0 unspecified atom stereocenters. The summed E-state index contributed by atoms with van der Waals surface area (Å²) in [5.74, 6) is 1.59. The maximum absolute atomic E-state index is 5.79. The average Bonchev–Trinajstić information content (AvgIpc) is 2.86. The molecule has 1 aromatic rings. The van der Waals surface area contributed by atoms with Gasteiger partial charge in [-0.3, -0.25) is 4.99 Å². The zero-order valence-corrected chi connectivity index (χ0v) is 11.6. The molecular formula is C15H23N3O. The van der Waals surface area contributed by atoms with Crippen LogP contribution in [0.25, 0.3) is 0 Å². The number of ether oxygens (including phenoxy) is 1. The molecule has 1 aromatic carbocycles. The van der Waals surface area contributed by atoms with E-state index in [4.69, 9.17) is 10.5 Å². The van der Waals surface area contributed by atoms with Gasteiger partial charge in [-0.2, -0.15) is 0 Å². The third-order valence-electron chi connectivity index (χ3n) is 3.27. The van der Waals surface area contributed by atoms with Crippen molar-refractivity contribution in [3.8, 4) is 5.75 Å². The Balaban J connectivity index is 1.75. The summed E-state index contributed by atoms with van der Waals surface area (Å²) in [5.41, 5.74) is 8.43. The van der Waals surface area contributed by atoms with Gasteiger partial charge in [-0.05, 0) is 30.0 Å². The number of hydrogen-bond donors (Lipinski definition) is 2. The average molecular weight is 261 g/mol. The Morgan fingerprint density at radius 2 is 2.37 bits per heavy atom. The van der Waals surface area contributed by atoms with Crippen LogP contribution in [0.1, 0.15) is 30.9 Å². The molecule has 104 valence electrons. The fourth-order valence-electron chi connectivity index (χ4n) is 2.14. The van der Waals surface area contributed by atoms with Crippen LogP contribution in [0.5, 0.6) is 5.75 Å². The Bertz CT molecular complexity index is 443. The zero-order valence-electron chi connectivity index (χ0n) is 11.6. The van der Waals surface area contributed by atoms with Gasteiger partial charge in [-0.1, -0.05) is 25.5 Å². The lowest BCUT2D eigenvalue weighted by molar-refractivity contribution is 0.357. The number of nitrogens with one attached hydrogen (secondary N) is 1. The van der Waals surface area contributed by atoms with Crippen LogP contribution in [0.15, 0.2) is 23.2 Å². The molecule has 0 fully saturated rings. The largest absolute Gasteiger partial charge is 0.493 e. The first kappa shape index (κ1) is 13.7. The number of nitrogens with two attached hydrogens (primary N) is 1. The van der Waals surface area contributed by atoms with Crippen LogP contribution in [0.2, 0.25) is 0 Å². The fraction of sp³-hybridized carbons (Fsp3) is 0.533. The summed E-state index contributed by atoms with van der Waals surface area (Å²) in [6.45, 7) is 4.59. The minimum atomic E-state index is 0.554. The van der Waals surface area contributed by atoms with Gasteiger partial charge in [0.25, 0.3) is 0 Å². The second-order valence-corrected chi connectivity index (χ2v) is 4.84. The lowest BCUT2D eigenvalue weighted by Gasteiger charge is -2.07. The molecule has 4 nitrogen and oxygen atoms in total. The molecule has 0 saturated heterocycles. The molecule has 2 rings (SSSR count). The topological polar surface area (TPSA) is 59.6 Å². The van der Waals surface area contributed by atoms with Crippen LogP contribution in [-0.4, -0.2) is 25.7 Å². The quantitative estimate of drug-likeness (QED) is 0.467. The number of hydrogen-bond acceptors (Lipinski definition) is 2. The van der Waals surface area contributed by atoms with Crippen LogP contribution < -0.4 is 15.8 Å². The molecule has 0 bridgehead atoms. The van der Waals surface area contributed by atoms with E-state index in [1.165, 1.54) is 11.1 Å². The highest BCUT2D eigenvalue weighted by atomic mass is 16.5. The van der Waals surface area contributed by atoms with E-state index in [0.717, 1.165) is 51.1 Å². The van der Waals surface area contributed by atoms with Crippen LogP contribution in [-0.2, 0) is 12.8 Å². The van der Waals surface area contributed by atoms with Gasteiger partial charge in [-0.15, -0.1) is 0 Å². The molecule has 3 N–H and O–H groups in total. The van der Waals surface area contributed by atoms with E-state index in [1.807, 2.05) is 0 Å². The van der Waals surface area contributed by atoms with Crippen LogP contribution >= 0.6 is 0 Å². The zero-order chi connectivity index (χ0) is 13.5. The second-order valence-electron chi connectivity index (χ2n) is 4.84. The summed E-state index contributed by atoms with van der Waals surface area (Å²) < 4.78 is 5.50. The van der Waals surface area contributed by atoms with Crippen molar-refractivity contribution in [3.63, 3.8) is 0 Å². The van der Waals surface area contributed by atoms with E-state index < -0.39 is 0 Å². The Kier molecular flexibility index (Phi) is 5.07. The molecule has 4 heteroatoms. The molecule has 0 amide bonds. The third kappa shape index (κ3) is 4.16. The van der Waals surface area contributed by atoms with Crippen molar-refractivity contribution in [2.75, 3.05) is 19.7 Å². The summed E-state index contributed by atoms with van der Waals surface area (Å²) in [5, 5.41) is 3.15. The van der Waals surface area contributed by atoms with Gasteiger partial charge in [-0.25, -0.2) is 0 Å². The predicted molar refractivity (Wildman–Crippen MR) is 78.7 cm³/mol. The Morgan fingerprint density at radius 1 is 1.47 bits per heavy atom. The highest BCUT2D eigenvalue weighted by Crippen LogP contribution is 2.25. The molecule has 0 aliphatic carbocycles. The molecule has 1 heterocycles. The van der Waals surface area contributed by atoms with Crippen molar-refractivity contribution in [1.29, 1.82) is 0 Å². The molecule has 0 saturated carbocycles. The predicted octanol–water partition coefficient (Wildman–Crippen LogP) is 1.87. The lowest BCUT2D eigenvalue weighted by Crippen LogP contribution is -2.33. The highest BCUT2D eigenvalue weighted by molar-refractivity contribution is 5.77. The maximum atomic E-state index is 5.79. The highest BCUT2D eigenvalue weighted by Gasteiger charge is 2.11. The Morgan fingerprint density at radius 3 is 3.21 bits per heavy atom. The van der Waals surface area contributed by atoms with Crippen LogP contribution in [0, 0.1) is 0 Å². The van der Waals surface area contributed by atoms with E-state index >= 15 is 0 Å². The molecule has 0 aromatic heterocycles. The summed E-state index contributed by atoms with van der Waals surface area (Å²) >= 11 is 0. The number of aliphatic imine (C=N–C) groups is 1. The monoisotopic (exact) mass is 261 g/mol. The second kappa shape index (κ2) is 7.02. The van der Waals surface area contributed by atoms with Gasteiger partial charge in [0.05, 0.1) is 6.61 Å². The van der Waals surface area contributed by atoms with Gasteiger partial charge in [0.2, 0.25) is 0 Å². The standard InChI is InChI=1S/C15H23N3O/c1-2-3-8-17-15(16)18-9-6-12-4-5-14-13(11-12)7-10-19-14/h4-5,11H,2-3,6-10H2,1H3,(H3,16,17,18). The fourth-order valence-corrected chi connectivity index (χ4v) is 2.14. The first-order valence-electron chi connectivity index (χ1n) is 7.08. The van der Waals surface area contributed by atoms with Crippen molar-refractivity contribution in [2.24, 2.45) is 10.7 Å². The van der Waals surface area contributed by atoms with Crippen molar-refractivity contribution < 1.29 is 4.74 Å². The van der Waals surface area contributed by atoms with E-state index in [9.17, 15) is 0 Å².